The number of rotatable bonds is 8. The van der Waals surface area contributed by atoms with Crippen LogP contribution in [0.15, 0.2) is 0 Å². The molecule has 3 nitrogen and oxygen atoms in total. The largest absolute Gasteiger partial charge is 0.323 e. The van der Waals surface area contributed by atoms with E-state index in [9.17, 15) is 4.79 Å². The standard InChI is InChI=1S/C15H30N2OS/c1-6-9-13-16-15(5,7-2)14(18)17(13)12(4)10-11-19-8-3/h12-13,16H,6-11H2,1-5H3. The molecule has 0 aliphatic carbocycles. The fourth-order valence-electron chi connectivity index (χ4n) is 2.71. The minimum absolute atomic E-state index is 0.226. The number of nitrogens with zero attached hydrogens (tertiary/aromatic N) is 1. The number of nitrogens with one attached hydrogen (secondary N) is 1. The summed E-state index contributed by atoms with van der Waals surface area (Å²) in [5.74, 6) is 2.59. The number of carbonyl (C=O) groups excluding carboxylic acids is 1. The zero-order valence-corrected chi connectivity index (χ0v) is 14.0. The third-order valence-electron chi connectivity index (χ3n) is 4.16. The Balaban J connectivity index is 2.73. The molecule has 1 heterocycles. The van der Waals surface area contributed by atoms with Gasteiger partial charge in [0.2, 0.25) is 5.91 Å². The molecule has 4 heteroatoms. The van der Waals surface area contributed by atoms with Crippen LogP contribution in [0.1, 0.15) is 60.3 Å². The third kappa shape index (κ3) is 3.88. The Morgan fingerprint density at radius 1 is 1.42 bits per heavy atom. The lowest BCUT2D eigenvalue weighted by molar-refractivity contribution is -0.134. The van der Waals surface area contributed by atoms with Crippen molar-refractivity contribution in [2.75, 3.05) is 11.5 Å². The third-order valence-corrected chi connectivity index (χ3v) is 5.09. The normalized spacial score (nSPS) is 29.0. The maximum absolute atomic E-state index is 12.7. The molecule has 112 valence electrons. The van der Waals surface area contributed by atoms with E-state index in [2.05, 4.69) is 37.9 Å². The van der Waals surface area contributed by atoms with Crippen LogP contribution in [0, 0.1) is 0 Å². The van der Waals surface area contributed by atoms with E-state index >= 15 is 0 Å². The SMILES string of the molecule is CCCC1NC(C)(CC)C(=O)N1C(C)CCSCC. The van der Waals surface area contributed by atoms with E-state index in [1.54, 1.807) is 0 Å². The van der Waals surface area contributed by atoms with Crippen molar-refractivity contribution in [3.8, 4) is 0 Å². The Hall–Kier alpha value is -0.220. The van der Waals surface area contributed by atoms with Crippen molar-refractivity contribution in [2.45, 2.75) is 78.0 Å². The molecule has 0 saturated carbocycles. The van der Waals surface area contributed by atoms with E-state index in [0.717, 1.165) is 37.2 Å². The highest BCUT2D eigenvalue weighted by Gasteiger charge is 2.47. The van der Waals surface area contributed by atoms with Crippen LogP contribution < -0.4 is 5.32 Å². The summed E-state index contributed by atoms with van der Waals surface area (Å²) in [6.45, 7) is 10.7. The zero-order valence-electron chi connectivity index (χ0n) is 13.2. The van der Waals surface area contributed by atoms with E-state index in [1.165, 1.54) is 0 Å². The summed E-state index contributed by atoms with van der Waals surface area (Å²) in [5, 5.41) is 3.56. The van der Waals surface area contributed by atoms with Crippen molar-refractivity contribution >= 4 is 17.7 Å². The fourth-order valence-corrected chi connectivity index (χ4v) is 3.50. The molecule has 0 radical (unpaired) electrons. The van der Waals surface area contributed by atoms with Gasteiger partial charge in [-0.3, -0.25) is 10.1 Å². The molecule has 0 spiro atoms. The molecule has 1 rings (SSSR count). The van der Waals surface area contributed by atoms with Crippen LogP contribution in [-0.4, -0.2) is 40.1 Å². The Bertz CT molecular complexity index is 298. The summed E-state index contributed by atoms with van der Waals surface area (Å²) in [7, 11) is 0. The number of hydrogen-bond acceptors (Lipinski definition) is 3. The van der Waals surface area contributed by atoms with Crippen LogP contribution in [-0.2, 0) is 4.79 Å². The molecular formula is C15H30N2OS. The molecule has 3 atom stereocenters. The second-order valence-corrected chi connectivity index (χ2v) is 7.08. The summed E-state index contributed by atoms with van der Waals surface area (Å²) >= 11 is 1.96. The lowest BCUT2D eigenvalue weighted by Gasteiger charge is -2.30. The van der Waals surface area contributed by atoms with Crippen molar-refractivity contribution in [3.05, 3.63) is 0 Å². The molecule has 0 aromatic heterocycles. The summed E-state index contributed by atoms with van der Waals surface area (Å²) in [5.41, 5.74) is -0.355. The van der Waals surface area contributed by atoms with Crippen molar-refractivity contribution in [1.82, 2.24) is 10.2 Å². The minimum Gasteiger partial charge on any atom is -0.323 e. The molecule has 0 aromatic rings. The lowest BCUT2D eigenvalue weighted by Crippen LogP contribution is -2.44. The first-order valence-corrected chi connectivity index (χ1v) is 8.83. The van der Waals surface area contributed by atoms with E-state index in [4.69, 9.17) is 0 Å². The molecule has 1 saturated heterocycles. The van der Waals surface area contributed by atoms with Gasteiger partial charge in [0.1, 0.15) is 0 Å². The maximum Gasteiger partial charge on any atom is 0.244 e. The summed E-state index contributed by atoms with van der Waals surface area (Å²) < 4.78 is 0. The quantitative estimate of drug-likeness (QED) is 0.695. The predicted octanol–water partition coefficient (Wildman–Crippen LogP) is 3.24. The number of hydrogen-bond donors (Lipinski definition) is 1. The molecule has 19 heavy (non-hydrogen) atoms. The van der Waals surface area contributed by atoms with Crippen LogP contribution >= 0.6 is 11.8 Å². The van der Waals surface area contributed by atoms with E-state index in [-0.39, 0.29) is 11.7 Å². The lowest BCUT2D eigenvalue weighted by atomic mass is 9.99. The fraction of sp³-hybridized carbons (Fsp3) is 0.933. The van der Waals surface area contributed by atoms with Crippen LogP contribution in [0.3, 0.4) is 0 Å². The van der Waals surface area contributed by atoms with Gasteiger partial charge in [-0.05, 0) is 44.6 Å². The second-order valence-electron chi connectivity index (χ2n) is 5.68. The topological polar surface area (TPSA) is 32.3 Å². The minimum atomic E-state index is -0.355. The summed E-state index contributed by atoms with van der Waals surface area (Å²) in [6.07, 6.45) is 4.33. The van der Waals surface area contributed by atoms with Crippen LogP contribution in [0.2, 0.25) is 0 Å². The number of carbonyl (C=O) groups is 1. The van der Waals surface area contributed by atoms with Gasteiger partial charge in [-0.15, -0.1) is 0 Å². The van der Waals surface area contributed by atoms with Gasteiger partial charge in [-0.25, -0.2) is 0 Å². The highest BCUT2D eigenvalue weighted by molar-refractivity contribution is 7.99. The van der Waals surface area contributed by atoms with Gasteiger partial charge in [0.05, 0.1) is 11.7 Å². The molecule has 0 bridgehead atoms. The van der Waals surface area contributed by atoms with Gasteiger partial charge < -0.3 is 4.90 Å². The first-order chi connectivity index (χ1) is 9.00. The maximum atomic E-state index is 12.7. The smallest absolute Gasteiger partial charge is 0.244 e. The second kappa shape index (κ2) is 7.53. The van der Waals surface area contributed by atoms with E-state index < -0.39 is 0 Å². The molecule has 0 aromatic carbocycles. The summed E-state index contributed by atoms with van der Waals surface area (Å²) in [6, 6.07) is 0.337. The Kier molecular flexibility index (Phi) is 6.67. The van der Waals surface area contributed by atoms with Crippen LogP contribution in [0.4, 0.5) is 0 Å². The molecule has 1 fully saturated rings. The van der Waals surface area contributed by atoms with Crippen molar-refractivity contribution in [2.24, 2.45) is 0 Å². The average Bonchev–Trinajstić information content (AvgIpc) is 2.63. The van der Waals surface area contributed by atoms with Gasteiger partial charge in [0, 0.05) is 6.04 Å². The first kappa shape index (κ1) is 16.8. The number of thioether (sulfide) groups is 1. The van der Waals surface area contributed by atoms with E-state index in [0.29, 0.717) is 11.9 Å². The molecule has 1 aliphatic heterocycles. The Morgan fingerprint density at radius 2 is 2.11 bits per heavy atom. The monoisotopic (exact) mass is 286 g/mol. The molecule has 1 amide bonds. The van der Waals surface area contributed by atoms with Crippen LogP contribution in [0.25, 0.3) is 0 Å². The van der Waals surface area contributed by atoms with Gasteiger partial charge in [0.15, 0.2) is 0 Å². The first-order valence-electron chi connectivity index (χ1n) is 7.68. The highest BCUT2D eigenvalue weighted by atomic mass is 32.2. The summed E-state index contributed by atoms with van der Waals surface area (Å²) in [4.78, 5) is 14.8. The molecule has 1 aliphatic rings. The molecule has 1 N–H and O–H groups in total. The Labute approximate surface area is 122 Å². The molecular weight excluding hydrogens is 256 g/mol. The predicted molar refractivity (Wildman–Crippen MR) is 84.5 cm³/mol. The van der Waals surface area contributed by atoms with Crippen LogP contribution in [0.5, 0.6) is 0 Å². The van der Waals surface area contributed by atoms with Crippen molar-refractivity contribution in [3.63, 3.8) is 0 Å². The molecule has 3 unspecified atom stereocenters. The van der Waals surface area contributed by atoms with Gasteiger partial charge in [-0.2, -0.15) is 11.8 Å². The average molecular weight is 286 g/mol. The Morgan fingerprint density at radius 3 is 2.63 bits per heavy atom. The number of amides is 1. The van der Waals surface area contributed by atoms with Gasteiger partial charge in [0.25, 0.3) is 0 Å². The van der Waals surface area contributed by atoms with Crippen molar-refractivity contribution < 1.29 is 4.79 Å². The van der Waals surface area contributed by atoms with Gasteiger partial charge in [-0.1, -0.05) is 27.2 Å². The van der Waals surface area contributed by atoms with Gasteiger partial charge >= 0.3 is 0 Å². The van der Waals surface area contributed by atoms with Crippen molar-refractivity contribution in [1.29, 1.82) is 0 Å². The zero-order chi connectivity index (χ0) is 14.5. The van der Waals surface area contributed by atoms with E-state index in [1.807, 2.05) is 18.7 Å². The highest BCUT2D eigenvalue weighted by Crippen LogP contribution is 2.28.